The van der Waals surface area contributed by atoms with Gasteiger partial charge in [-0.2, -0.15) is 0 Å². The molecule has 0 saturated carbocycles. The summed E-state index contributed by atoms with van der Waals surface area (Å²) >= 11 is 3.42. The van der Waals surface area contributed by atoms with Gasteiger partial charge in [0.2, 0.25) is 0 Å². The van der Waals surface area contributed by atoms with Crippen molar-refractivity contribution in [2.75, 3.05) is 13.2 Å². The van der Waals surface area contributed by atoms with Crippen molar-refractivity contribution in [3.63, 3.8) is 0 Å². The van der Waals surface area contributed by atoms with E-state index in [0.29, 0.717) is 12.6 Å². The van der Waals surface area contributed by atoms with Crippen LogP contribution < -0.4 is 5.32 Å². The molecule has 1 rings (SSSR count). The fraction of sp³-hybridized carbons (Fsp3) is 0.571. The van der Waals surface area contributed by atoms with Gasteiger partial charge in [0.15, 0.2) is 0 Å². The van der Waals surface area contributed by atoms with E-state index in [4.69, 9.17) is 4.74 Å². The Morgan fingerprint density at radius 1 is 1.29 bits per heavy atom. The second-order valence-corrected chi connectivity index (χ2v) is 5.24. The molecule has 0 aliphatic carbocycles. The van der Waals surface area contributed by atoms with Crippen molar-refractivity contribution in [2.45, 2.75) is 39.3 Å². The first-order valence-electron chi connectivity index (χ1n) is 6.28. The van der Waals surface area contributed by atoms with Crippen LogP contribution >= 0.6 is 15.9 Å². The topological polar surface area (TPSA) is 21.3 Å². The molecular weight excluding hydrogens is 278 g/mol. The number of rotatable bonds is 8. The Morgan fingerprint density at radius 3 is 2.65 bits per heavy atom. The molecule has 96 valence electrons. The predicted octanol–water partition coefficient (Wildman–Crippen LogP) is 3.74. The van der Waals surface area contributed by atoms with Crippen molar-refractivity contribution in [1.82, 2.24) is 5.32 Å². The van der Waals surface area contributed by atoms with Gasteiger partial charge in [0.05, 0.1) is 13.2 Å². The third-order valence-corrected chi connectivity index (χ3v) is 3.17. The molecule has 0 aliphatic heterocycles. The molecule has 1 aromatic carbocycles. The Hall–Kier alpha value is -0.380. The largest absolute Gasteiger partial charge is 0.375 e. The van der Waals surface area contributed by atoms with Gasteiger partial charge >= 0.3 is 0 Å². The first-order valence-corrected chi connectivity index (χ1v) is 7.07. The van der Waals surface area contributed by atoms with E-state index in [9.17, 15) is 0 Å². The second kappa shape index (κ2) is 8.67. The van der Waals surface area contributed by atoms with Crippen LogP contribution in [0.3, 0.4) is 0 Å². The molecule has 0 fully saturated rings. The first kappa shape index (κ1) is 14.7. The molecule has 0 spiro atoms. The molecule has 1 atom stereocenters. The third kappa shape index (κ3) is 6.81. The number of halogens is 1. The van der Waals surface area contributed by atoms with E-state index < -0.39 is 0 Å². The minimum absolute atomic E-state index is 0.594. The highest BCUT2D eigenvalue weighted by molar-refractivity contribution is 9.10. The predicted molar refractivity (Wildman–Crippen MR) is 76.2 cm³/mol. The van der Waals surface area contributed by atoms with E-state index in [1.54, 1.807) is 0 Å². The van der Waals surface area contributed by atoms with Crippen molar-refractivity contribution < 1.29 is 4.74 Å². The minimum atomic E-state index is 0.594. The lowest BCUT2D eigenvalue weighted by Gasteiger charge is -2.12. The third-order valence-electron chi connectivity index (χ3n) is 2.64. The quantitative estimate of drug-likeness (QED) is 0.738. The molecule has 1 N–H and O–H groups in total. The van der Waals surface area contributed by atoms with Gasteiger partial charge in [0, 0.05) is 17.1 Å². The summed E-state index contributed by atoms with van der Waals surface area (Å²) in [6.07, 6.45) is 2.46. The van der Waals surface area contributed by atoms with Crippen LogP contribution in [0.25, 0.3) is 0 Å². The number of hydrogen-bond acceptors (Lipinski definition) is 2. The van der Waals surface area contributed by atoms with Crippen molar-refractivity contribution >= 4 is 15.9 Å². The summed E-state index contributed by atoms with van der Waals surface area (Å²) < 4.78 is 6.72. The lowest BCUT2D eigenvalue weighted by atomic mass is 10.2. The van der Waals surface area contributed by atoms with E-state index in [1.807, 2.05) is 12.1 Å². The number of hydrogen-bond donors (Lipinski definition) is 1. The van der Waals surface area contributed by atoms with Crippen LogP contribution in [0.2, 0.25) is 0 Å². The molecule has 0 heterocycles. The molecule has 0 aromatic heterocycles. The van der Waals surface area contributed by atoms with Gasteiger partial charge < -0.3 is 10.1 Å². The van der Waals surface area contributed by atoms with E-state index >= 15 is 0 Å². The van der Waals surface area contributed by atoms with Gasteiger partial charge in [-0.25, -0.2) is 0 Å². The zero-order valence-corrected chi connectivity index (χ0v) is 12.3. The summed E-state index contributed by atoms with van der Waals surface area (Å²) in [5.41, 5.74) is 1.22. The first-order chi connectivity index (χ1) is 8.22. The van der Waals surface area contributed by atoms with E-state index in [2.05, 4.69) is 47.2 Å². The van der Waals surface area contributed by atoms with Crippen molar-refractivity contribution in [3.8, 4) is 0 Å². The molecular formula is C14H22BrNO. The molecule has 0 bridgehead atoms. The van der Waals surface area contributed by atoms with Crippen molar-refractivity contribution in [2.24, 2.45) is 0 Å². The molecule has 1 unspecified atom stereocenters. The fourth-order valence-electron chi connectivity index (χ4n) is 1.68. The van der Waals surface area contributed by atoms with Gasteiger partial charge in [-0.3, -0.25) is 0 Å². The highest BCUT2D eigenvalue weighted by atomic mass is 79.9. The van der Waals surface area contributed by atoms with Crippen LogP contribution in [0.1, 0.15) is 32.3 Å². The molecule has 0 aliphatic rings. The SMILES string of the molecule is CCCC(C)NCCOCc1ccc(Br)cc1. The molecule has 3 heteroatoms. The Morgan fingerprint density at radius 2 is 2.00 bits per heavy atom. The summed E-state index contributed by atoms with van der Waals surface area (Å²) in [4.78, 5) is 0. The van der Waals surface area contributed by atoms with Gasteiger partial charge in [0.1, 0.15) is 0 Å². The van der Waals surface area contributed by atoms with Crippen molar-refractivity contribution in [1.29, 1.82) is 0 Å². The standard InChI is InChI=1S/C14H22BrNO/c1-3-4-12(2)16-9-10-17-11-13-5-7-14(15)8-6-13/h5-8,12,16H,3-4,9-11H2,1-2H3. The van der Waals surface area contributed by atoms with Crippen LogP contribution in [0, 0.1) is 0 Å². The molecule has 0 saturated heterocycles. The van der Waals surface area contributed by atoms with Gasteiger partial charge in [-0.05, 0) is 31.0 Å². The van der Waals surface area contributed by atoms with Crippen LogP contribution in [0.5, 0.6) is 0 Å². The maximum absolute atomic E-state index is 5.61. The molecule has 17 heavy (non-hydrogen) atoms. The molecule has 0 radical (unpaired) electrons. The zero-order chi connectivity index (χ0) is 12.5. The molecule has 2 nitrogen and oxygen atoms in total. The molecule has 0 amide bonds. The van der Waals surface area contributed by atoms with E-state index in [0.717, 1.165) is 17.6 Å². The molecule has 1 aromatic rings. The van der Waals surface area contributed by atoms with E-state index in [1.165, 1.54) is 18.4 Å². The van der Waals surface area contributed by atoms with Crippen LogP contribution in [0.4, 0.5) is 0 Å². The summed E-state index contributed by atoms with van der Waals surface area (Å²) in [5, 5.41) is 3.45. The Labute approximate surface area is 113 Å². The van der Waals surface area contributed by atoms with Gasteiger partial charge in [-0.15, -0.1) is 0 Å². The minimum Gasteiger partial charge on any atom is -0.375 e. The number of ether oxygens (including phenoxy) is 1. The fourth-order valence-corrected chi connectivity index (χ4v) is 1.95. The smallest absolute Gasteiger partial charge is 0.0717 e. The average Bonchev–Trinajstić information content (AvgIpc) is 2.31. The summed E-state index contributed by atoms with van der Waals surface area (Å²) in [7, 11) is 0. The highest BCUT2D eigenvalue weighted by Gasteiger charge is 1.98. The lowest BCUT2D eigenvalue weighted by Crippen LogP contribution is -2.29. The monoisotopic (exact) mass is 299 g/mol. The maximum Gasteiger partial charge on any atom is 0.0717 e. The zero-order valence-electron chi connectivity index (χ0n) is 10.7. The second-order valence-electron chi connectivity index (χ2n) is 4.32. The van der Waals surface area contributed by atoms with Gasteiger partial charge in [0.25, 0.3) is 0 Å². The van der Waals surface area contributed by atoms with Crippen LogP contribution in [-0.4, -0.2) is 19.2 Å². The Bertz CT molecular complexity index is 300. The Balaban J connectivity index is 2.06. The van der Waals surface area contributed by atoms with Crippen LogP contribution in [-0.2, 0) is 11.3 Å². The summed E-state index contributed by atoms with van der Waals surface area (Å²) in [6.45, 7) is 6.82. The lowest BCUT2D eigenvalue weighted by molar-refractivity contribution is 0.121. The maximum atomic E-state index is 5.61. The Kier molecular flexibility index (Phi) is 7.49. The van der Waals surface area contributed by atoms with Crippen LogP contribution in [0.15, 0.2) is 28.7 Å². The normalized spacial score (nSPS) is 12.6. The summed E-state index contributed by atoms with van der Waals surface area (Å²) in [6, 6.07) is 8.84. The van der Waals surface area contributed by atoms with Gasteiger partial charge in [-0.1, -0.05) is 41.4 Å². The highest BCUT2D eigenvalue weighted by Crippen LogP contribution is 2.10. The average molecular weight is 300 g/mol. The number of benzene rings is 1. The van der Waals surface area contributed by atoms with E-state index in [-0.39, 0.29) is 0 Å². The van der Waals surface area contributed by atoms with Crippen molar-refractivity contribution in [3.05, 3.63) is 34.3 Å². The number of nitrogens with one attached hydrogen (secondary N) is 1. The summed E-state index contributed by atoms with van der Waals surface area (Å²) in [5.74, 6) is 0.